The van der Waals surface area contributed by atoms with Gasteiger partial charge in [-0.3, -0.25) is 15.1 Å². The van der Waals surface area contributed by atoms with Gasteiger partial charge in [0.1, 0.15) is 6.20 Å². The number of nitro groups is 1. The van der Waals surface area contributed by atoms with Crippen molar-refractivity contribution in [2.75, 3.05) is 0 Å². The number of aromatic nitrogens is 1. The molecule has 0 radical (unpaired) electrons. The van der Waals surface area contributed by atoms with Gasteiger partial charge in [-0.1, -0.05) is 6.07 Å². The van der Waals surface area contributed by atoms with Gasteiger partial charge in [-0.15, -0.1) is 11.3 Å². The monoisotopic (exact) mass is 232 g/mol. The predicted molar refractivity (Wildman–Crippen MR) is 64.1 cm³/mol. The Labute approximate surface area is 96.0 Å². The number of pyridine rings is 1. The van der Waals surface area contributed by atoms with Gasteiger partial charge in [0.05, 0.1) is 10.5 Å². The van der Waals surface area contributed by atoms with Crippen molar-refractivity contribution in [2.45, 2.75) is 0 Å². The lowest BCUT2D eigenvalue weighted by Crippen LogP contribution is -1.91. The van der Waals surface area contributed by atoms with Crippen LogP contribution in [0.5, 0.6) is 0 Å². The molecule has 0 unspecified atom stereocenters. The molecule has 0 aliphatic carbocycles. The summed E-state index contributed by atoms with van der Waals surface area (Å²) >= 11 is 1.58. The first kappa shape index (κ1) is 10.5. The van der Waals surface area contributed by atoms with E-state index in [9.17, 15) is 10.1 Å². The summed E-state index contributed by atoms with van der Waals surface area (Å²) in [5.74, 6) is 0. The third kappa shape index (κ3) is 2.32. The molecule has 0 saturated carbocycles. The fourth-order valence-corrected chi connectivity index (χ4v) is 1.87. The van der Waals surface area contributed by atoms with E-state index in [4.69, 9.17) is 0 Å². The molecular formula is C11H8N2O2S. The average molecular weight is 232 g/mol. The number of hydrogen-bond donors (Lipinski definition) is 0. The van der Waals surface area contributed by atoms with Crippen LogP contribution < -0.4 is 0 Å². The van der Waals surface area contributed by atoms with Crippen molar-refractivity contribution in [1.29, 1.82) is 0 Å². The first-order valence-electron chi connectivity index (χ1n) is 4.57. The largest absolute Gasteiger partial charge is 0.294 e. The van der Waals surface area contributed by atoms with Crippen LogP contribution in [0, 0.1) is 10.1 Å². The third-order valence-corrected chi connectivity index (χ3v) is 2.84. The third-order valence-electron chi connectivity index (χ3n) is 2.00. The van der Waals surface area contributed by atoms with Gasteiger partial charge in [0.25, 0.3) is 5.69 Å². The minimum atomic E-state index is -0.429. The van der Waals surface area contributed by atoms with Crippen molar-refractivity contribution >= 4 is 29.2 Å². The van der Waals surface area contributed by atoms with Gasteiger partial charge in [0.15, 0.2) is 0 Å². The first-order valence-corrected chi connectivity index (χ1v) is 5.45. The van der Waals surface area contributed by atoms with Crippen LogP contribution in [0.3, 0.4) is 0 Å². The van der Waals surface area contributed by atoms with Crippen molar-refractivity contribution < 1.29 is 4.92 Å². The number of thiophene rings is 1. The quantitative estimate of drug-likeness (QED) is 0.603. The Bertz CT molecular complexity index is 521. The summed E-state index contributed by atoms with van der Waals surface area (Å²) in [6, 6.07) is 5.52. The lowest BCUT2D eigenvalue weighted by atomic mass is 10.2. The summed E-state index contributed by atoms with van der Waals surface area (Å²) in [4.78, 5) is 15.1. The maximum absolute atomic E-state index is 10.7. The van der Waals surface area contributed by atoms with E-state index in [1.165, 1.54) is 6.20 Å². The van der Waals surface area contributed by atoms with Gasteiger partial charge < -0.3 is 0 Å². The van der Waals surface area contributed by atoms with Gasteiger partial charge >= 0.3 is 0 Å². The highest BCUT2D eigenvalue weighted by Crippen LogP contribution is 2.20. The molecule has 2 aromatic heterocycles. The van der Waals surface area contributed by atoms with Gasteiger partial charge in [0, 0.05) is 11.1 Å². The zero-order valence-corrected chi connectivity index (χ0v) is 9.05. The van der Waals surface area contributed by atoms with Crippen molar-refractivity contribution in [3.63, 3.8) is 0 Å². The SMILES string of the molecule is O=[N+]([O-])c1cnccc1/C=C/c1cccs1. The maximum Gasteiger partial charge on any atom is 0.294 e. The zero-order valence-electron chi connectivity index (χ0n) is 8.24. The molecule has 0 spiro atoms. The highest BCUT2D eigenvalue weighted by atomic mass is 32.1. The summed E-state index contributed by atoms with van der Waals surface area (Å²) < 4.78 is 0. The van der Waals surface area contributed by atoms with E-state index in [-0.39, 0.29) is 5.69 Å². The van der Waals surface area contributed by atoms with E-state index in [1.54, 1.807) is 29.7 Å². The zero-order chi connectivity index (χ0) is 11.4. The van der Waals surface area contributed by atoms with Crippen LogP contribution in [0.2, 0.25) is 0 Å². The molecule has 0 aromatic carbocycles. The molecule has 2 heterocycles. The standard InChI is InChI=1S/C11H8N2O2S/c14-13(15)11-8-12-6-5-9(11)3-4-10-2-1-7-16-10/h1-8H/b4-3+. The molecule has 5 heteroatoms. The lowest BCUT2D eigenvalue weighted by Gasteiger charge is -1.94. The van der Waals surface area contributed by atoms with Crippen LogP contribution in [-0.2, 0) is 0 Å². The summed E-state index contributed by atoms with van der Waals surface area (Å²) in [7, 11) is 0. The first-order chi connectivity index (χ1) is 7.77. The molecular weight excluding hydrogens is 224 g/mol. The van der Waals surface area contributed by atoms with Crippen molar-refractivity contribution in [2.24, 2.45) is 0 Å². The molecule has 0 aliphatic rings. The Morgan fingerprint density at radius 3 is 2.94 bits per heavy atom. The van der Waals surface area contributed by atoms with Gasteiger partial charge in [0.2, 0.25) is 0 Å². The second kappa shape index (κ2) is 4.67. The van der Waals surface area contributed by atoms with Crippen LogP contribution in [0.15, 0.2) is 36.0 Å². The Morgan fingerprint density at radius 1 is 1.38 bits per heavy atom. The van der Waals surface area contributed by atoms with E-state index < -0.39 is 4.92 Å². The van der Waals surface area contributed by atoms with Crippen LogP contribution >= 0.6 is 11.3 Å². The Balaban J connectivity index is 2.31. The van der Waals surface area contributed by atoms with Crippen LogP contribution in [0.1, 0.15) is 10.4 Å². The molecule has 0 amide bonds. The van der Waals surface area contributed by atoms with E-state index in [0.717, 1.165) is 4.88 Å². The van der Waals surface area contributed by atoms with Crippen molar-refractivity contribution in [1.82, 2.24) is 4.98 Å². The minimum Gasteiger partial charge on any atom is -0.258 e. The molecule has 0 atom stereocenters. The second-order valence-corrected chi connectivity index (χ2v) is 4.02. The molecule has 0 saturated heterocycles. The fraction of sp³-hybridized carbons (Fsp3) is 0. The van der Waals surface area contributed by atoms with Gasteiger partial charge in [-0.2, -0.15) is 0 Å². The van der Waals surface area contributed by atoms with Crippen LogP contribution in [0.25, 0.3) is 12.2 Å². The molecule has 80 valence electrons. The predicted octanol–water partition coefficient (Wildman–Crippen LogP) is 3.22. The van der Waals surface area contributed by atoms with E-state index >= 15 is 0 Å². The number of rotatable bonds is 3. The highest BCUT2D eigenvalue weighted by Gasteiger charge is 2.09. The molecule has 0 fully saturated rings. The van der Waals surface area contributed by atoms with Gasteiger partial charge in [-0.05, 0) is 29.7 Å². The Hall–Kier alpha value is -2.01. The van der Waals surface area contributed by atoms with Crippen LogP contribution in [-0.4, -0.2) is 9.91 Å². The number of nitrogens with zero attached hydrogens (tertiary/aromatic N) is 2. The number of hydrogen-bond acceptors (Lipinski definition) is 4. The Kier molecular flexibility index (Phi) is 3.07. The smallest absolute Gasteiger partial charge is 0.258 e. The van der Waals surface area contributed by atoms with E-state index in [2.05, 4.69) is 4.98 Å². The average Bonchev–Trinajstić information content (AvgIpc) is 2.79. The molecule has 0 bridgehead atoms. The van der Waals surface area contributed by atoms with Crippen molar-refractivity contribution in [3.05, 3.63) is 56.5 Å². The Morgan fingerprint density at radius 2 is 2.25 bits per heavy atom. The second-order valence-electron chi connectivity index (χ2n) is 3.04. The molecule has 16 heavy (non-hydrogen) atoms. The molecule has 2 aromatic rings. The lowest BCUT2D eigenvalue weighted by molar-refractivity contribution is -0.385. The summed E-state index contributed by atoms with van der Waals surface area (Å²) in [5.41, 5.74) is 0.587. The molecule has 0 N–H and O–H groups in total. The normalized spacial score (nSPS) is 10.8. The van der Waals surface area contributed by atoms with E-state index in [1.807, 2.05) is 23.6 Å². The molecule has 4 nitrogen and oxygen atoms in total. The van der Waals surface area contributed by atoms with Crippen molar-refractivity contribution in [3.8, 4) is 0 Å². The van der Waals surface area contributed by atoms with E-state index in [0.29, 0.717) is 5.56 Å². The summed E-state index contributed by atoms with van der Waals surface area (Å²) in [5, 5.41) is 12.7. The maximum atomic E-state index is 10.7. The highest BCUT2D eigenvalue weighted by molar-refractivity contribution is 7.10. The molecule has 2 rings (SSSR count). The summed E-state index contributed by atoms with van der Waals surface area (Å²) in [6.45, 7) is 0. The summed E-state index contributed by atoms with van der Waals surface area (Å²) in [6.07, 6.45) is 6.38. The topological polar surface area (TPSA) is 56.0 Å². The van der Waals surface area contributed by atoms with Gasteiger partial charge in [-0.25, -0.2) is 0 Å². The minimum absolute atomic E-state index is 0.0234. The molecule has 0 aliphatic heterocycles. The fourth-order valence-electron chi connectivity index (χ4n) is 1.25. The van der Waals surface area contributed by atoms with Crippen LogP contribution in [0.4, 0.5) is 5.69 Å².